The number of benzene rings is 2. The van der Waals surface area contributed by atoms with Crippen LogP contribution < -0.4 is 10.6 Å². The molecular formula is C31H35N3O7. The smallest absolute Gasteiger partial charge is 0.255 e. The standard InChI is InChI=1S/C31H35N3O7/c1-6-14-8-7-9-15(10-14)17-13-20(33(2)3)18-11-16-12-19-24(34(4)5)27(37)23(30(32)40)29(39)31(19,41)28(38)21(16)26(36)22(18)25(17)35/h7-10,13,16,19,24,35-36,39,41H,6,11-12H2,1-5H3,(H2,32,40). The van der Waals surface area contributed by atoms with Crippen LogP contribution >= 0.6 is 0 Å². The van der Waals surface area contributed by atoms with E-state index in [2.05, 4.69) is 0 Å². The van der Waals surface area contributed by atoms with E-state index in [1.54, 1.807) is 14.1 Å². The zero-order valence-corrected chi connectivity index (χ0v) is 23.7. The Morgan fingerprint density at radius 1 is 1.10 bits per heavy atom. The Hall–Kier alpha value is -4.15. The predicted octanol–water partition coefficient (Wildman–Crippen LogP) is 2.26. The normalized spacial score (nSPS) is 25.7. The SMILES string of the molecule is CCc1cccc(-c2cc(N(C)C)c3c(c2O)C(O)=C2C(=O)C4(O)C(O)=C(C(N)=O)C(=O)C(N(C)C)C4CC2C3)c1. The van der Waals surface area contributed by atoms with E-state index in [0.717, 1.165) is 23.2 Å². The van der Waals surface area contributed by atoms with Gasteiger partial charge in [0, 0.05) is 36.8 Å². The summed E-state index contributed by atoms with van der Waals surface area (Å²) < 4.78 is 0. The molecule has 6 N–H and O–H groups in total. The number of phenolic OH excluding ortho intramolecular Hbond substituents is 1. The maximum Gasteiger partial charge on any atom is 0.255 e. The molecule has 216 valence electrons. The third-order valence-corrected chi connectivity index (χ3v) is 8.83. The highest BCUT2D eigenvalue weighted by Gasteiger charge is 2.64. The number of phenols is 1. The number of fused-ring (bicyclic) bond motifs is 3. The molecule has 0 spiro atoms. The Balaban J connectivity index is 1.77. The number of aliphatic hydroxyl groups excluding tert-OH is 2. The summed E-state index contributed by atoms with van der Waals surface area (Å²) in [5.74, 6) is -6.64. The molecule has 1 fully saturated rings. The Morgan fingerprint density at radius 3 is 2.37 bits per heavy atom. The summed E-state index contributed by atoms with van der Waals surface area (Å²) in [6.45, 7) is 2.02. The lowest BCUT2D eigenvalue weighted by Crippen LogP contribution is -2.65. The predicted molar refractivity (Wildman–Crippen MR) is 153 cm³/mol. The maximum absolute atomic E-state index is 14.1. The van der Waals surface area contributed by atoms with Crippen molar-refractivity contribution in [3.8, 4) is 16.9 Å². The summed E-state index contributed by atoms with van der Waals surface area (Å²) in [4.78, 5) is 42.9. The molecule has 41 heavy (non-hydrogen) atoms. The Kier molecular flexibility index (Phi) is 6.74. The van der Waals surface area contributed by atoms with Gasteiger partial charge in [-0.05, 0) is 62.0 Å². The third kappa shape index (κ3) is 3.96. The molecule has 0 saturated heterocycles. The fourth-order valence-corrected chi connectivity index (χ4v) is 6.87. The van der Waals surface area contributed by atoms with E-state index in [1.807, 2.05) is 56.3 Å². The van der Waals surface area contributed by atoms with Crippen molar-refractivity contribution in [3.63, 3.8) is 0 Å². The Labute approximate surface area is 238 Å². The van der Waals surface area contributed by atoms with Crippen LogP contribution in [0.2, 0.25) is 0 Å². The number of primary amides is 1. The van der Waals surface area contributed by atoms with Crippen LogP contribution in [0.5, 0.6) is 5.75 Å². The molecule has 0 aromatic heterocycles. The summed E-state index contributed by atoms with van der Waals surface area (Å²) in [5, 5.41) is 46.1. The van der Waals surface area contributed by atoms with E-state index in [0.29, 0.717) is 11.1 Å². The van der Waals surface area contributed by atoms with Crippen molar-refractivity contribution < 1.29 is 34.8 Å². The van der Waals surface area contributed by atoms with Crippen molar-refractivity contribution in [1.29, 1.82) is 0 Å². The van der Waals surface area contributed by atoms with Crippen molar-refractivity contribution in [3.05, 3.63) is 63.9 Å². The van der Waals surface area contributed by atoms with Crippen LogP contribution in [0, 0.1) is 11.8 Å². The van der Waals surface area contributed by atoms with Crippen LogP contribution in [0.15, 0.2) is 47.2 Å². The van der Waals surface area contributed by atoms with Gasteiger partial charge in [-0.2, -0.15) is 0 Å². The van der Waals surface area contributed by atoms with Gasteiger partial charge < -0.3 is 31.1 Å². The van der Waals surface area contributed by atoms with Crippen molar-refractivity contribution in [2.75, 3.05) is 33.1 Å². The number of aryl methyl sites for hydroxylation is 1. The van der Waals surface area contributed by atoms with E-state index in [9.17, 15) is 34.8 Å². The second kappa shape index (κ2) is 9.74. The van der Waals surface area contributed by atoms with E-state index in [-0.39, 0.29) is 29.7 Å². The number of likely N-dealkylation sites (N-methyl/N-ethyl adjacent to an activating group) is 1. The number of ketones is 2. The van der Waals surface area contributed by atoms with E-state index in [1.165, 1.54) is 4.90 Å². The van der Waals surface area contributed by atoms with E-state index >= 15 is 0 Å². The Morgan fingerprint density at radius 2 is 1.78 bits per heavy atom. The summed E-state index contributed by atoms with van der Waals surface area (Å²) in [6.07, 6.45) is 1.05. The average molecular weight is 562 g/mol. The van der Waals surface area contributed by atoms with Gasteiger partial charge in [-0.15, -0.1) is 0 Å². The van der Waals surface area contributed by atoms with Gasteiger partial charge >= 0.3 is 0 Å². The first-order valence-electron chi connectivity index (χ1n) is 13.6. The van der Waals surface area contributed by atoms with Gasteiger partial charge in [-0.1, -0.05) is 31.2 Å². The number of aliphatic hydroxyl groups is 3. The largest absolute Gasteiger partial charge is 0.508 e. The number of carbonyl (C=O) groups is 3. The number of carbonyl (C=O) groups excluding carboxylic acids is 3. The van der Waals surface area contributed by atoms with Gasteiger partial charge in [-0.25, -0.2) is 0 Å². The van der Waals surface area contributed by atoms with Crippen LogP contribution in [0.25, 0.3) is 16.9 Å². The molecule has 2 aromatic carbocycles. The summed E-state index contributed by atoms with van der Waals surface area (Å²) in [6, 6.07) is 8.39. The van der Waals surface area contributed by atoms with Gasteiger partial charge in [0.25, 0.3) is 5.91 Å². The third-order valence-electron chi connectivity index (χ3n) is 8.83. The number of rotatable bonds is 5. The minimum absolute atomic E-state index is 0.0414. The second-order valence-corrected chi connectivity index (χ2v) is 11.6. The number of Topliss-reactive ketones (excluding diaryl/α,β-unsaturated/α-hetero) is 2. The number of hydrogen-bond donors (Lipinski definition) is 5. The molecular weight excluding hydrogens is 526 g/mol. The van der Waals surface area contributed by atoms with E-state index < -0.39 is 58.0 Å². The number of amides is 1. The molecule has 5 rings (SSSR count). The zero-order valence-electron chi connectivity index (χ0n) is 23.7. The van der Waals surface area contributed by atoms with Gasteiger partial charge in [-0.3, -0.25) is 19.3 Å². The molecule has 3 aliphatic carbocycles. The fraction of sp³-hybridized carbons (Fsp3) is 0.387. The molecule has 0 heterocycles. The molecule has 1 amide bonds. The van der Waals surface area contributed by atoms with Gasteiger partial charge in [0.05, 0.1) is 11.6 Å². The number of hydrogen-bond acceptors (Lipinski definition) is 9. The molecule has 0 radical (unpaired) electrons. The number of nitrogens with zero attached hydrogens (tertiary/aromatic N) is 2. The molecule has 10 heteroatoms. The lowest BCUT2D eigenvalue weighted by atomic mass is 9.57. The molecule has 0 aliphatic heterocycles. The monoisotopic (exact) mass is 561 g/mol. The molecule has 0 bridgehead atoms. The van der Waals surface area contributed by atoms with Crippen molar-refractivity contribution in [1.82, 2.24) is 4.90 Å². The van der Waals surface area contributed by atoms with Crippen molar-refractivity contribution >= 4 is 28.9 Å². The molecule has 4 atom stereocenters. The second-order valence-electron chi connectivity index (χ2n) is 11.6. The molecule has 4 unspecified atom stereocenters. The topological polar surface area (TPSA) is 165 Å². The Bertz CT molecular complexity index is 1570. The number of aromatic hydroxyl groups is 1. The van der Waals surface area contributed by atoms with Crippen LogP contribution in [0.4, 0.5) is 5.69 Å². The summed E-state index contributed by atoms with van der Waals surface area (Å²) in [7, 11) is 6.83. The molecule has 10 nitrogen and oxygen atoms in total. The first-order valence-corrected chi connectivity index (χ1v) is 13.6. The first kappa shape index (κ1) is 28.4. The van der Waals surface area contributed by atoms with Crippen LogP contribution in [-0.4, -0.2) is 82.6 Å². The van der Waals surface area contributed by atoms with Crippen LogP contribution in [0.3, 0.4) is 0 Å². The zero-order chi connectivity index (χ0) is 30.1. The summed E-state index contributed by atoms with van der Waals surface area (Å²) >= 11 is 0. The van der Waals surface area contributed by atoms with Crippen molar-refractivity contribution in [2.45, 2.75) is 37.8 Å². The van der Waals surface area contributed by atoms with E-state index in [4.69, 9.17) is 5.73 Å². The molecule has 3 aliphatic rings. The van der Waals surface area contributed by atoms with Crippen molar-refractivity contribution in [2.24, 2.45) is 17.6 Å². The van der Waals surface area contributed by atoms with Crippen LogP contribution in [-0.2, 0) is 27.2 Å². The van der Waals surface area contributed by atoms with Gasteiger partial charge in [0.1, 0.15) is 22.8 Å². The van der Waals surface area contributed by atoms with Crippen LogP contribution in [0.1, 0.15) is 30.0 Å². The van der Waals surface area contributed by atoms with Gasteiger partial charge in [0.15, 0.2) is 11.4 Å². The first-order chi connectivity index (χ1) is 19.2. The highest BCUT2D eigenvalue weighted by atomic mass is 16.3. The highest BCUT2D eigenvalue weighted by molar-refractivity contribution is 6.24. The average Bonchev–Trinajstić information content (AvgIpc) is 2.90. The summed E-state index contributed by atoms with van der Waals surface area (Å²) in [5.41, 5.74) is 5.40. The van der Waals surface area contributed by atoms with Gasteiger partial charge in [0.2, 0.25) is 5.78 Å². The minimum Gasteiger partial charge on any atom is -0.508 e. The molecule has 1 saturated carbocycles. The quantitative estimate of drug-likeness (QED) is 0.344. The maximum atomic E-state index is 14.1. The molecule has 2 aromatic rings. The number of anilines is 1. The lowest BCUT2D eigenvalue weighted by molar-refractivity contribution is -0.153. The fourth-order valence-electron chi connectivity index (χ4n) is 6.87. The lowest BCUT2D eigenvalue weighted by Gasteiger charge is -2.50. The highest BCUT2D eigenvalue weighted by Crippen LogP contribution is 2.54. The minimum atomic E-state index is -2.67. The number of nitrogens with two attached hydrogens (primary N) is 1.